The summed E-state index contributed by atoms with van der Waals surface area (Å²) in [6.07, 6.45) is 0.216. The number of carbonyl (C=O) groups is 1. The molecule has 6 nitrogen and oxygen atoms in total. The number of hydrogen-bond acceptors (Lipinski definition) is 5. The third-order valence-electron chi connectivity index (χ3n) is 2.65. The van der Waals surface area contributed by atoms with Gasteiger partial charge in [0.05, 0.1) is 6.10 Å². The molecule has 1 aromatic rings. The van der Waals surface area contributed by atoms with Crippen molar-refractivity contribution < 1.29 is 19.2 Å². The zero-order chi connectivity index (χ0) is 14.5. The second-order valence-electron chi connectivity index (χ2n) is 5.51. The van der Waals surface area contributed by atoms with E-state index in [1.807, 2.05) is 13.8 Å². The highest BCUT2D eigenvalue weighted by atomic mass is 16.5. The Kier molecular flexibility index (Phi) is 5.50. The number of nitrogens with one attached hydrogen (secondary N) is 1. The van der Waals surface area contributed by atoms with E-state index in [0.717, 1.165) is 0 Å². The second kappa shape index (κ2) is 6.68. The lowest BCUT2D eigenvalue weighted by Gasteiger charge is -2.26. The van der Waals surface area contributed by atoms with Gasteiger partial charge in [0, 0.05) is 19.7 Å². The largest absolute Gasteiger partial charge is 0.393 e. The fraction of sp³-hybridized carbons (Fsp3) is 0.692. The summed E-state index contributed by atoms with van der Waals surface area (Å²) in [7, 11) is 1.54. The third kappa shape index (κ3) is 5.40. The molecule has 0 saturated heterocycles. The van der Waals surface area contributed by atoms with Crippen molar-refractivity contribution in [1.82, 2.24) is 10.5 Å². The van der Waals surface area contributed by atoms with Crippen molar-refractivity contribution in [2.24, 2.45) is 5.41 Å². The zero-order valence-corrected chi connectivity index (χ0v) is 11.9. The minimum atomic E-state index is -0.396. The molecule has 0 aliphatic rings. The van der Waals surface area contributed by atoms with Crippen molar-refractivity contribution >= 4 is 5.91 Å². The zero-order valence-electron chi connectivity index (χ0n) is 11.9. The summed E-state index contributed by atoms with van der Waals surface area (Å²) >= 11 is 0. The van der Waals surface area contributed by atoms with Gasteiger partial charge < -0.3 is 19.7 Å². The Hall–Kier alpha value is -1.40. The molecule has 0 fully saturated rings. The first-order valence-electron chi connectivity index (χ1n) is 6.25. The topological polar surface area (TPSA) is 84.6 Å². The summed E-state index contributed by atoms with van der Waals surface area (Å²) in [5.41, 5.74) is 0.0584. The van der Waals surface area contributed by atoms with E-state index in [1.54, 1.807) is 20.1 Å². The molecule has 0 aromatic carbocycles. The number of ether oxygens (including phenoxy) is 1. The average molecular weight is 270 g/mol. The molecule has 1 unspecified atom stereocenters. The second-order valence-corrected chi connectivity index (χ2v) is 5.51. The SMILES string of the molecule is COCc1cc(C(=O)NCC(C)(C)CC(C)O)no1. The Morgan fingerprint density at radius 3 is 2.89 bits per heavy atom. The summed E-state index contributed by atoms with van der Waals surface area (Å²) in [4.78, 5) is 11.9. The highest BCUT2D eigenvalue weighted by Gasteiger charge is 2.22. The quantitative estimate of drug-likeness (QED) is 0.781. The van der Waals surface area contributed by atoms with Gasteiger partial charge in [-0.3, -0.25) is 4.79 Å². The van der Waals surface area contributed by atoms with Gasteiger partial charge in [-0.25, -0.2) is 0 Å². The molecule has 6 heteroatoms. The smallest absolute Gasteiger partial charge is 0.273 e. The van der Waals surface area contributed by atoms with E-state index in [9.17, 15) is 9.90 Å². The van der Waals surface area contributed by atoms with Crippen LogP contribution in [0.2, 0.25) is 0 Å². The molecule has 0 aliphatic carbocycles. The number of rotatable bonds is 7. The van der Waals surface area contributed by atoms with Gasteiger partial charge in [0.15, 0.2) is 11.5 Å². The van der Waals surface area contributed by atoms with Crippen LogP contribution in [0.1, 0.15) is 43.4 Å². The summed E-state index contributed by atoms with van der Waals surface area (Å²) in [5.74, 6) is 0.223. The van der Waals surface area contributed by atoms with Crippen LogP contribution in [-0.2, 0) is 11.3 Å². The Morgan fingerprint density at radius 1 is 1.63 bits per heavy atom. The first-order chi connectivity index (χ1) is 8.84. The number of nitrogens with zero attached hydrogens (tertiary/aromatic N) is 1. The monoisotopic (exact) mass is 270 g/mol. The Bertz CT molecular complexity index is 413. The molecule has 1 heterocycles. The van der Waals surface area contributed by atoms with Crippen molar-refractivity contribution in [3.05, 3.63) is 17.5 Å². The lowest BCUT2D eigenvalue weighted by Crippen LogP contribution is -2.35. The normalized spacial score (nSPS) is 13.3. The van der Waals surface area contributed by atoms with Crippen LogP contribution in [0.25, 0.3) is 0 Å². The van der Waals surface area contributed by atoms with E-state index >= 15 is 0 Å². The van der Waals surface area contributed by atoms with Gasteiger partial charge >= 0.3 is 0 Å². The van der Waals surface area contributed by atoms with Crippen LogP contribution in [0, 0.1) is 5.41 Å². The molecule has 0 radical (unpaired) electrons. The van der Waals surface area contributed by atoms with Crippen molar-refractivity contribution in [2.45, 2.75) is 39.9 Å². The van der Waals surface area contributed by atoms with Crippen LogP contribution in [-0.4, -0.2) is 35.9 Å². The van der Waals surface area contributed by atoms with Crippen LogP contribution < -0.4 is 5.32 Å². The molecule has 0 bridgehead atoms. The number of amides is 1. The first-order valence-corrected chi connectivity index (χ1v) is 6.25. The number of aromatic nitrogens is 1. The molecule has 19 heavy (non-hydrogen) atoms. The van der Waals surface area contributed by atoms with Crippen molar-refractivity contribution in [1.29, 1.82) is 0 Å². The Labute approximate surface area is 113 Å². The Balaban J connectivity index is 2.50. The molecular formula is C13H22N2O4. The van der Waals surface area contributed by atoms with E-state index < -0.39 is 6.10 Å². The van der Waals surface area contributed by atoms with Crippen molar-refractivity contribution in [3.8, 4) is 0 Å². The highest BCUT2D eigenvalue weighted by Crippen LogP contribution is 2.21. The van der Waals surface area contributed by atoms with Crippen LogP contribution in [0.3, 0.4) is 0 Å². The van der Waals surface area contributed by atoms with Gasteiger partial charge in [-0.1, -0.05) is 19.0 Å². The Morgan fingerprint density at radius 2 is 2.32 bits per heavy atom. The number of aliphatic hydroxyl groups is 1. The molecule has 1 atom stereocenters. The van der Waals surface area contributed by atoms with Gasteiger partial charge in [0.1, 0.15) is 6.61 Å². The van der Waals surface area contributed by atoms with Gasteiger partial charge in [-0.15, -0.1) is 0 Å². The molecule has 2 N–H and O–H groups in total. The van der Waals surface area contributed by atoms with Gasteiger partial charge in [-0.05, 0) is 18.8 Å². The first kappa shape index (κ1) is 15.7. The number of methoxy groups -OCH3 is 1. The average Bonchev–Trinajstić information content (AvgIpc) is 2.73. The molecular weight excluding hydrogens is 248 g/mol. The maximum absolute atomic E-state index is 11.9. The number of aliphatic hydroxyl groups excluding tert-OH is 1. The molecule has 0 saturated carbocycles. The molecule has 1 aromatic heterocycles. The fourth-order valence-corrected chi connectivity index (χ4v) is 1.91. The predicted molar refractivity (Wildman–Crippen MR) is 69.6 cm³/mol. The summed E-state index contributed by atoms with van der Waals surface area (Å²) in [6, 6.07) is 1.56. The van der Waals surface area contributed by atoms with Crippen LogP contribution in [0.5, 0.6) is 0 Å². The third-order valence-corrected chi connectivity index (χ3v) is 2.65. The lowest BCUT2D eigenvalue weighted by molar-refractivity contribution is 0.0893. The molecule has 108 valence electrons. The van der Waals surface area contributed by atoms with Crippen LogP contribution >= 0.6 is 0 Å². The van der Waals surface area contributed by atoms with Crippen LogP contribution in [0.15, 0.2) is 10.6 Å². The van der Waals surface area contributed by atoms with Gasteiger partial charge in [0.2, 0.25) is 0 Å². The van der Waals surface area contributed by atoms with E-state index in [2.05, 4.69) is 10.5 Å². The molecule has 0 aliphatic heterocycles. The molecule has 1 amide bonds. The van der Waals surface area contributed by atoms with E-state index in [1.165, 1.54) is 0 Å². The maximum atomic E-state index is 11.9. The van der Waals surface area contributed by atoms with Gasteiger partial charge in [0.25, 0.3) is 5.91 Å². The minimum absolute atomic E-state index is 0.178. The lowest BCUT2D eigenvalue weighted by atomic mass is 9.87. The van der Waals surface area contributed by atoms with E-state index in [-0.39, 0.29) is 23.6 Å². The highest BCUT2D eigenvalue weighted by molar-refractivity contribution is 5.92. The predicted octanol–water partition coefficient (Wildman–Crippen LogP) is 1.35. The number of hydrogen-bond donors (Lipinski definition) is 2. The summed E-state index contributed by atoms with van der Waals surface area (Å²) in [6.45, 7) is 6.45. The van der Waals surface area contributed by atoms with E-state index in [4.69, 9.17) is 9.26 Å². The van der Waals surface area contributed by atoms with Crippen molar-refractivity contribution in [3.63, 3.8) is 0 Å². The van der Waals surface area contributed by atoms with Crippen LogP contribution in [0.4, 0.5) is 0 Å². The molecule has 0 spiro atoms. The van der Waals surface area contributed by atoms with Gasteiger partial charge in [-0.2, -0.15) is 0 Å². The summed E-state index contributed by atoms with van der Waals surface area (Å²) < 4.78 is 9.83. The van der Waals surface area contributed by atoms with Crippen molar-refractivity contribution in [2.75, 3.05) is 13.7 Å². The maximum Gasteiger partial charge on any atom is 0.273 e. The minimum Gasteiger partial charge on any atom is -0.393 e. The van der Waals surface area contributed by atoms with E-state index in [0.29, 0.717) is 18.7 Å². The molecule has 1 rings (SSSR count). The fourth-order valence-electron chi connectivity index (χ4n) is 1.91. The standard InChI is InChI=1S/C13H22N2O4/c1-9(16)6-13(2,3)8-14-12(17)11-5-10(7-18-4)19-15-11/h5,9,16H,6-8H2,1-4H3,(H,14,17). The summed E-state index contributed by atoms with van der Waals surface area (Å²) in [5, 5.41) is 15.8. The number of carbonyl (C=O) groups excluding carboxylic acids is 1.